The number of nitrogens with one attached hydrogen (secondary N) is 1. The number of halogens is 1. The summed E-state index contributed by atoms with van der Waals surface area (Å²) in [5.41, 5.74) is 0.659. The molecule has 2 aromatic rings. The van der Waals surface area contributed by atoms with Gasteiger partial charge in [0.1, 0.15) is 5.75 Å². The highest BCUT2D eigenvalue weighted by atomic mass is 35.5. The molecule has 0 bridgehead atoms. The van der Waals surface area contributed by atoms with E-state index in [1.807, 2.05) is 48.2 Å². The van der Waals surface area contributed by atoms with Gasteiger partial charge in [-0.1, -0.05) is 23.7 Å². The molecule has 154 valence electrons. The molecule has 1 N–H and O–H groups in total. The number of hydrogen-bond donors (Lipinski definition) is 1. The number of hydrogen-bond acceptors (Lipinski definition) is 4. The number of piperidine rings is 1. The Labute approximate surface area is 180 Å². The molecule has 2 aromatic carbocycles. The number of thioether (sulfide) groups is 1. The average molecular weight is 433 g/mol. The van der Waals surface area contributed by atoms with Gasteiger partial charge in [0.15, 0.2) is 0 Å². The molecule has 0 saturated carbocycles. The zero-order valence-corrected chi connectivity index (χ0v) is 18.0. The second kappa shape index (κ2) is 10.6. The lowest BCUT2D eigenvalue weighted by molar-refractivity contribution is -0.119. The van der Waals surface area contributed by atoms with E-state index in [1.165, 1.54) is 11.8 Å². The van der Waals surface area contributed by atoms with Crippen LogP contribution in [0.4, 0.5) is 0 Å². The number of nitrogens with zero attached hydrogens (tertiary/aromatic N) is 1. The van der Waals surface area contributed by atoms with Gasteiger partial charge in [-0.25, -0.2) is 0 Å². The molecule has 1 fully saturated rings. The summed E-state index contributed by atoms with van der Waals surface area (Å²) < 4.78 is 5.42. The lowest BCUT2D eigenvalue weighted by atomic mass is 10.0. The van der Waals surface area contributed by atoms with Gasteiger partial charge in [-0.15, -0.1) is 11.8 Å². The topological polar surface area (TPSA) is 58.6 Å². The summed E-state index contributed by atoms with van der Waals surface area (Å²) in [6.45, 7) is 3.80. The van der Waals surface area contributed by atoms with Crippen LogP contribution in [0, 0.1) is 0 Å². The Morgan fingerprint density at radius 3 is 2.48 bits per heavy atom. The quantitative estimate of drug-likeness (QED) is 0.664. The predicted octanol–water partition coefficient (Wildman–Crippen LogP) is 4.25. The number of carbonyl (C=O) groups excluding carboxylic acids is 2. The Balaban J connectivity index is 1.43. The average Bonchev–Trinajstić information content (AvgIpc) is 2.74. The van der Waals surface area contributed by atoms with Crippen LogP contribution in [0.5, 0.6) is 5.75 Å². The third-order valence-electron chi connectivity index (χ3n) is 4.75. The third-order valence-corrected chi connectivity index (χ3v) is 6.27. The van der Waals surface area contributed by atoms with Gasteiger partial charge in [0.25, 0.3) is 5.91 Å². The van der Waals surface area contributed by atoms with Crippen LogP contribution in [-0.4, -0.2) is 48.2 Å². The summed E-state index contributed by atoms with van der Waals surface area (Å²) in [6, 6.07) is 14.8. The van der Waals surface area contributed by atoms with Gasteiger partial charge in [-0.3, -0.25) is 9.59 Å². The van der Waals surface area contributed by atoms with Crippen molar-refractivity contribution in [2.45, 2.75) is 30.7 Å². The standard InChI is InChI=1S/C22H25ClN2O3S/c1-2-28-18-9-7-16(8-10-18)22(27)25-13-11-17(12-14-25)24-21(26)15-29-20-6-4-3-5-19(20)23/h3-10,17H,2,11-15H2,1H3,(H,24,26). The van der Waals surface area contributed by atoms with Crippen molar-refractivity contribution < 1.29 is 14.3 Å². The summed E-state index contributed by atoms with van der Waals surface area (Å²) in [4.78, 5) is 27.7. The highest BCUT2D eigenvalue weighted by Gasteiger charge is 2.24. The first kappa shape index (κ1) is 21.5. The minimum atomic E-state index is -0.00814. The molecule has 1 aliphatic rings. The van der Waals surface area contributed by atoms with Gasteiger partial charge >= 0.3 is 0 Å². The Morgan fingerprint density at radius 1 is 1.14 bits per heavy atom. The van der Waals surface area contributed by atoms with E-state index >= 15 is 0 Å². The van der Waals surface area contributed by atoms with Crippen molar-refractivity contribution in [2.24, 2.45) is 0 Å². The van der Waals surface area contributed by atoms with E-state index in [2.05, 4.69) is 5.32 Å². The summed E-state index contributed by atoms with van der Waals surface area (Å²) in [6.07, 6.45) is 1.51. The van der Waals surface area contributed by atoms with Gasteiger partial charge < -0.3 is 15.0 Å². The van der Waals surface area contributed by atoms with E-state index in [-0.39, 0.29) is 17.9 Å². The van der Waals surface area contributed by atoms with E-state index in [9.17, 15) is 9.59 Å². The molecular weight excluding hydrogens is 408 g/mol. The van der Waals surface area contributed by atoms with Crippen LogP contribution in [-0.2, 0) is 4.79 Å². The second-order valence-electron chi connectivity index (χ2n) is 6.81. The van der Waals surface area contributed by atoms with E-state index < -0.39 is 0 Å². The number of ether oxygens (including phenoxy) is 1. The Kier molecular flexibility index (Phi) is 7.83. The van der Waals surface area contributed by atoms with Gasteiger partial charge in [0.05, 0.1) is 17.4 Å². The van der Waals surface area contributed by atoms with Crippen LogP contribution in [0.1, 0.15) is 30.1 Å². The Hall–Kier alpha value is -2.18. The van der Waals surface area contributed by atoms with Gasteiger partial charge in [-0.05, 0) is 56.2 Å². The van der Waals surface area contributed by atoms with Crippen LogP contribution >= 0.6 is 23.4 Å². The van der Waals surface area contributed by atoms with Gasteiger partial charge in [-0.2, -0.15) is 0 Å². The van der Waals surface area contributed by atoms with Crippen LogP contribution in [0.3, 0.4) is 0 Å². The maximum Gasteiger partial charge on any atom is 0.253 e. The molecule has 1 saturated heterocycles. The maximum atomic E-state index is 12.7. The maximum absolute atomic E-state index is 12.7. The van der Waals surface area contributed by atoms with Crippen molar-refractivity contribution in [1.29, 1.82) is 0 Å². The van der Waals surface area contributed by atoms with Crippen LogP contribution in [0.25, 0.3) is 0 Å². The third kappa shape index (κ3) is 6.15. The van der Waals surface area contributed by atoms with E-state index in [1.54, 1.807) is 12.1 Å². The zero-order chi connectivity index (χ0) is 20.6. The van der Waals surface area contributed by atoms with E-state index in [4.69, 9.17) is 16.3 Å². The van der Waals surface area contributed by atoms with E-state index in [0.717, 1.165) is 23.5 Å². The molecule has 0 unspecified atom stereocenters. The fraction of sp³-hybridized carbons (Fsp3) is 0.364. The number of rotatable bonds is 7. The smallest absolute Gasteiger partial charge is 0.253 e. The Bertz CT molecular complexity index is 836. The molecule has 29 heavy (non-hydrogen) atoms. The Morgan fingerprint density at radius 2 is 1.83 bits per heavy atom. The predicted molar refractivity (Wildman–Crippen MR) is 117 cm³/mol. The number of amides is 2. The van der Waals surface area contributed by atoms with Crippen molar-refractivity contribution in [3.63, 3.8) is 0 Å². The number of carbonyl (C=O) groups is 2. The number of likely N-dealkylation sites (tertiary alicyclic amines) is 1. The largest absolute Gasteiger partial charge is 0.494 e. The minimum Gasteiger partial charge on any atom is -0.494 e. The molecule has 1 aliphatic heterocycles. The van der Waals surface area contributed by atoms with Crippen molar-refractivity contribution >= 4 is 35.2 Å². The molecule has 3 rings (SSSR count). The highest BCUT2D eigenvalue weighted by molar-refractivity contribution is 8.00. The molecule has 1 heterocycles. The SMILES string of the molecule is CCOc1ccc(C(=O)N2CCC(NC(=O)CSc3ccccc3Cl)CC2)cc1. The first-order chi connectivity index (χ1) is 14.1. The molecule has 0 spiro atoms. The lowest BCUT2D eigenvalue weighted by Crippen LogP contribution is -2.47. The minimum absolute atomic E-state index is 0.00814. The fourth-order valence-electron chi connectivity index (χ4n) is 3.24. The molecular formula is C22H25ClN2O3S. The van der Waals surface area contributed by atoms with Crippen molar-refractivity contribution in [2.75, 3.05) is 25.4 Å². The van der Waals surface area contributed by atoms with Crippen LogP contribution in [0.15, 0.2) is 53.4 Å². The summed E-state index contributed by atoms with van der Waals surface area (Å²) in [5, 5.41) is 3.73. The van der Waals surface area contributed by atoms with Gasteiger partial charge in [0, 0.05) is 29.6 Å². The molecule has 0 aliphatic carbocycles. The second-order valence-corrected chi connectivity index (χ2v) is 8.23. The van der Waals surface area contributed by atoms with Crippen molar-refractivity contribution in [3.05, 3.63) is 59.1 Å². The molecule has 0 aromatic heterocycles. The molecule has 7 heteroatoms. The monoisotopic (exact) mass is 432 g/mol. The summed E-state index contributed by atoms with van der Waals surface area (Å²) in [7, 11) is 0. The summed E-state index contributed by atoms with van der Waals surface area (Å²) >= 11 is 7.56. The molecule has 2 amide bonds. The first-order valence-electron chi connectivity index (χ1n) is 9.75. The highest BCUT2D eigenvalue weighted by Crippen LogP contribution is 2.26. The fourth-order valence-corrected chi connectivity index (χ4v) is 4.29. The number of benzene rings is 2. The van der Waals surface area contributed by atoms with Crippen LogP contribution in [0.2, 0.25) is 5.02 Å². The molecule has 5 nitrogen and oxygen atoms in total. The lowest BCUT2D eigenvalue weighted by Gasteiger charge is -2.32. The van der Waals surface area contributed by atoms with Gasteiger partial charge in [0.2, 0.25) is 5.91 Å². The zero-order valence-electron chi connectivity index (χ0n) is 16.4. The van der Waals surface area contributed by atoms with Crippen molar-refractivity contribution in [3.8, 4) is 5.75 Å². The molecule has 0 radical (unpaired) electrons. The summed E-state index contributed by atoms with van der Waals surface area (Å²) in [5.74, 6) is 1.10. The van der Waals surface area contributed by atoms with Crippen molar-refractivity contribution in [1.82, 2.24) is 10.2 Å². The first-order valence-corrected chi connectivity index (χ1v) is 11.1. The van der Waals surface area contributed by atoms with Crippen LogP contribution < -0.4 is 10.1 Å². The van der Waals surface area contributed by atoms with E-state index in [0.29, 0.717) is 36.0 Å². The normalized spacial score (nSPS) is 14.5. The molecule has 0 atom stereocenters.